The molecular weight excluding hydrogens is 506 g/mol. The number of nitriles is 1. The summed E-state index contributed by atoms with van der Waals surface area (Å²) in [6.45, 7) is 1.89. The van der Waals surface area contributed by atoms with E-state index in [1.807, 2.05) is 6.92 Å². The van der Waals surface area contributed by atoms with Crippen molar-refractivity contribution in [2.24, 2.45) is 0 Å². The second kappa shape index (κ2) is 11.3. The molecule has 0 saturated carbocycles. The van der Waals surface area contributed by atoms with E-state index < -0.39 is 10.0 Å². The molecule has 0 radical (unpaired) electrons. The molecule has 0 heterocycles. The zero-order valence-corrected chi connectivity index (χ0v) is 21.6. The number of benzene rings is 4. The van der Waals surface area contributed by atoms with E-state index in [9.17, 15) is 13.2 Å². The predicted molar refractivity (Wildman–Crippen MR) is 146 cm³/mol. The van der Waals surface area contributed by atoms with Gasteiger partial charge in [-0.25, -0.2) is 8.42 Å². The van der Waals surface area contributed by atoms with Crippen molar-refractivity contribution >= 4 is 38.9 Å². The fraction of sp³-hybridized carbons (Fsp3) is 0.103. The van der Waals surface area contributed by atoms with Gasteiger partial charge in [0.05, 0.1) is 29.6 Å². The Morgan fingerprint density at radius 1 is 0.919 bits per heavy atom. The molecule has 8 heteroatoms. The van der Waals surface area contributed by atoms with Crippen molar-refractivity contribution in [3.63, 3.8) is 0 Å². The van der Waals surface area contributed by atoms with Crippen LogP contribution in [0, 0.1) is 18.3 Å². The zero-order chi connectivity index (χ0) is 26.4. The van der Waals surface area contributed by atoms with E-state index in [-0.39, 0.29) is 17.3 Å². The molecule has 6 nitrogen and oxygen atoms in total. The van der Waals surface area contributed by atoms with Crippen LogP contribution in [0.1, 0.15) is 27.0 Å². The quantitative estimate of drug-likeness (QED) is 0.287. The summed E-state index contributed by atoms with van der Waals surface area (Å²) in [6.07, 6.45) is 0.307. The first-order chi connectivity index (χ1) is 17.8. The van der Waals surface area contributed by atoms with Gasteiger partial charge in [0.1, 0.15) is 0 Å². The number of anilines is 2. The lowest BCUT2D eigenvalue weighted by atomic mass is 10.1. The van der Waals surface area contributed by atoms with Crippen molar-refractivity contribution < 1.29 is 13.2 Å². The van der Waals surface area contributed by atoms with E-state index in [0.29, 0.717) is 33.9 Å². The minimum atomic E-state index is -3.89. The van der Waals surface area contributed by atoms with Gasteiger partial charge >= 0.3 is 0 Å². The standard InChI is InChI=1S/C29H24ClN3O3S/c1-21-7-14-25(30)19-28(21)33(37(35,36)27-5-3-2-4-6-27)20-23-8-12-24(13-9-23)29(34)32-26-15-10-22(11-16-26)17-18-31/h2-16,19H,17,20H2,1H3,(H,32,34). The lowest BCUT2D eigenvalue weighted by Gasteiger charge is -2.26. The number of amides is 1. The van der Waals surface area contributed by atoms with Crippen molar-refractivity contribution in [1.29, 1.82) is 5.26 Å². The van der Waals surface area contributed by atoms with Gasteiger partial charge in [0.15, 0.2) is 0 Å². The number of sulfonamides is 1. The van der Waals surface area contributed by atoms with Crippen LogP contribution in [0.15, 0.2) is 102 Å². The first-order valence-electron chi connectivity index (χ1n) is 11.5. The molecule has 0 saturated heterocycles. The number of aryl methyl sites for hydroxylation is 1. The van der Waals surface area contributed by atoms with Crippen molar-refractivity contribution in [3.05, 3.63) is 124 Å². The normalized spacial score (nSPS) is 10.9. The van der Waals surface area contributed by atoms with Crippen LogP contribution in [0.2, 0.25) is 5.02 Å². The van der Waals surface area contributed by atoms with Crippen molar-refractivity contribution in [3.8, 4) is 6.07 Å². The van der Waals surface area contributed by atoms with Gasteiger partial charge < -0.3 is 5.32 Å². The minimum absolute atomic E-state index is 0.0562. The molecule has 1 amide bonds. The van der Waals surface area contributed by atoms with Gasteiger partial charge in [-0.3, -0.25) is 9.10 Å². The maximum atomic E-state index is 13.6. The largest absolute Gasteiger partial charge is 0.322 e. The maximum Gasteiger partial charge on any atom is 0.264 e. The molecule has 4 rings (SSSR count). The van der Waals surface area contributed by atoms with Gasteiger partial charge in [-0.1, -0.05) is 60.1 Å². The molecule has 0 bridgehead atoms. The highest BCUT2D eigenvalue weighted by atomic mass is 35.5. The first-order valence-corrected chi connectivity index (χ1v) is 13.3. The summed E-state index contributed by atoms with van der Waals surface area (Å²) in [7, 11) is -3.89. The van der Waals surface area contributed by atoms with Gasteiger partial charge in [-0.15, -0.1) is 0 Å². The third-order valence-corrected chi connectivity index (χ3v) is 7.82. The van der Waals surface area contributed by atoms with E-state index in [2.05, 4.69) is 11.4 Å². The first kappa shape index (κ1) is 26.0. The average Bonchev–Trinajstić information content (AvgIpc) is 2.91. The Hall–Kier alpha value is -4.12. The van der Waals surface area contributed by atoms with Crippen molar-refractivity contribution in [2.45, 2.75) is 24.8 Å². The summed E-state index contributed by atoms with van der Waals surface area (Å²) < 4.78 is 28.6. The molecule has 0 aliphatic carbocycles. The summed E-state index contributed by atoms with van der Waals surface area (Å²) in [4.78, 5) is 12.9. The van der Waals surface area contributed by atoms with Crippen LogP contribution in [0.4, 0.5) is 11.4 Å². The van der Waals surface area contributed by atoms with Gasteiger partial charge in [-0.05, 0) is 72.1 Å². The number of hydrogen-bond donors (Lipinski definition) is 1. The Morgan fingerprint density at radius 3 is 2.22 bits per heavy atom. The Balaban J connectivity index is 1.58. The highest BCUT2D eigenvalue weighted by molar-refractivity contribution is 7.92. The molecule has 0 fully saturated rings. The van der Waals surface area contributed by atoms with Gasteiger partial charge in [0.2, 0.25) is 0 Å². The van der Waals surface area contributed by atoms with E-state index in [0.717, 1.165) is 11.1 Å². The number of halogens is 1. The van der Waals surface area contributed by atoms with Gasteiger partial charge in [0, 0.05) is 16.3 Å². The monoisotopic (exact) mass is 529 g/mol. The Bertz CT molecular complexity index is 1550. The summed E-state index contributed by atoms with van der Waals surface area (Å²) >= 11 is 6.23. The summed E-state index contributed by atoms with van der Waals surface area (Å²) in [5.74, 6) is -0.293. The van der Waals surface area contributed by atoms with E-state index >= 15 is 0 Å². The third-order valence-electron chi connectivity index (χ3n) is 5.81. The fourth-order valence-electron chi connectivity index (χ4n) is 3.80. The molecule has 0 aromatic heterocycles. The lowest BCUT2D eigenvalue weighted by molar-refractivity contribution is 0.102. The van der Waals surface area contributed by atoms with Crippen LogP contribution in [0.25, 0.3) is 0 Å². The molecule has 0 atom stereocenters. The molecule has 37 heavy (non-hydrogen) atoms. The molecule has 1 N–H and O–H groups in total. The second-order valence-electron chi connectivity index (χ2n) is 8.44. The maximum absolute atomic E-state index is 13.6. The van der Waals surface area contributed by atoms with Crippen molar-refractivity contribution in [1.82, 2.24) is 0 Å². The molecule has 0 spiro atoms. The molecule has 0 aliphatic rings. The average molecular weight is 530 g/mol. The molecule has 0 unspecified atom stereocenters. The van der Waals surface area contributed by atoms with Crippen LogP contribution in [0.3, 0.4) is 0 Å². The van der Waals surface area contributed by atoms with E-state index in [4.69, 9.17) is 16.9 Å². The molecular formula is C29H24ClN3O3S. The van der Waals surface area contributed by atoms with Gasteiger partial charge in [-0.2, -0.15) is 5.26 Å². The third kappa shape index (κ3) is 6.18. The number of nitrogens with zero attached hydrogens (tertiary/aromatic N) is 2. The predicted octanol–water partition coefficient (Wildman–Crippen LogP) is 6.36. The number of nitrogens with one attached hydrogen (secondary N) is 1. The number of carbonyl (C=O) groups is 1. The van der Waals surface area contributed by atoms with Crippen LogP contribution in [0.5, 0.6) is 0 Å². The molecule has 4 aromatic rings. The molecule has 4 aromatic carbocycles. The zero-order valence-electron chi connectivity index (χ0n) is 20.1. The Labute approximate surface area is 221 Å². The van der Waals surface area contributed by atoms with E-state index in [1.54, 1.807) is 97.1 Å². The molecule has 186 valence electrons. The van der Waals surface area contributed by atoms with Crippen LogP contribution < -0.4 is 9.62 Å². The van der Waals surface area contributed by atoms with Crippen LogP contribution >= 0.6 is 11.6 Å². The number of carbonyl (C=O) groups excluding carboxylic acids is 1. The van der Waals surface area contributed by atoms with Crippen molar-refractivity contribution in [2.75, 3.05) is 9.62 Å². The van der Waals surface area contributed by atoms with E-state index in [1.165, 1.54) is 4.31 Å². The topological polar surface area (TPSA) is 90.3 Å². The summed E-state index contributed by atoms with van der Waals surface area (Å²) in [5, 5.41) is 12.1. The van der Waals surface area contributed by atoms with Crippen LogP contribution in [-0.2, 0) is 23.0 Å². The SMILES string of the molecule is Cc1ccc(Cl)cc1N(Cc1ccc(C(=O)Nc2ccc(CC#N)cc2)cc1)S(=O)(=O)c1ccccc1. The Kier molecular flexibility index (Phi) is 7.92. The highest BCUT2D eigenvalue weighted by Crippen LogP contribution is 2.31. The number of rotatable bonds is 8. The van der Waals surface area contributed by atoms with Gasteiger partial charge in [0.25, 0.3) is 15.9 Å². The lowest BCUT2D eigenvalue weighted by Crippen LogP contribution is -2.31. The summed E-state index contributed by atoms with van der Waals surface area (Å²) in [5.41, 5.74) is 3.87. The Morgan fingerprint density at radius 2 is 1.57 bits per heavy atom. The highest BCUT2D eigenvalue weighted by Gasteiger charge is 2.26. The minimum Gasteiger partial charge on any atom is -0.322 e. The molecule has 0 aliphatic heterocycles. The second-order valence-corrected chi connectivity index (χ2v) is 10.7. The fourth-order valence-corrected chi connectivity index (χ4v) is 5.49. The number of hydrogen-bond acceptors (Lipinski definition) is 4. The smallest absolute Gasteiger partial charge is 0.264 e. The van der Waals surface area contributed by atoms with Crippen LogP contribution in [-0.4, -0.2) is 14.3 Å². The summed E-state index contributed by atoms with van der Waals surface area (Å²) in [6, 6.07) is 29.3.